The Hall–Kier alpha value is -3.47. The molecule has 2 atom stereocenters. The molecule has 182 valence electrons. The smallest absolute Gasteiger partial charge is 0.331 e. The average Bonchev–Trinajstić information content (AvgIpc) is 3.22. The summed E-state index contributed by atoms with van der Waals surface area (Å²) in [5, 5.41) is 1.28. The van der Waals surface area contributed by atoms with E-state index in [1.165, 1.54) is 41.0 Å². The van der Waals surface area contributed by atoms with Gasteiger partial charge in [0.2, 0.25) is 0 Å². The summed E-state index contributed by atoms with van der Waals surface area (Å²) in [6.07, 6.45) is 9.68. The minimum Gasteiger partial charge on any atom is -0.483 e. The zero-order chi connectivity index (χ0) is 24.4. The molecule has 35 heavy (non-hydrogen) atoms. The van der Waals surface area contributed by atoms with Gasteiger partial charge in [-0.2, -0.15) is 0 Å². The zero-order valence-corrected chi connectivity index (χ0v) is 20.9. The fourth-order valence-corrected chi connectivity index (χ4v) is 5.91. The number of rotatable bonds is 5. The maximum Gasteiger partial charge on any atom is 0.331 e. The summed E-state index contributed by atoms with van der Waals surface area (Å²) >= 11 is 0. The van der Waals surface area contributed by atoms with Gasteiger partial charge in [-0.15, -0.1) is 0 Å². The number of carbonyl (C=O) groups excluding carboxylic acids is 1. The van der Waals surface area contributed by atoms with Crippen LogP contribution in [0.4, 0.5) is 0 Å². The van der Waals surface area contributed by atoms with E-state index in [-0.39, 0.29) is 17.5 Å². The molecule has 5 heteroatoms. The van der Waals surface area contributed by atoms with Gasteiger partial charge in [0, 0.05) is 41.9 Å². The SMILES string of the molecule is CCC12C=C(C)n3c(c(c4ccccc43)CCN(/C=C/C(=O)OC)CCC1)C2Oc1ccccc1. The molecule has 2 aliphatic heterocycles. The number of nitrogens with zero attached hydrogens (tertiary/aromatic N) is 2. The second-order valence-corrected chi connectivity index (χ2v) is 9.63. The third kappa shape index (κ3) is 4.24. The topological polar surface area (TPSA) is 43.7 Å². The molecular formula is C30H34N2O3. The highest BCUT2D eigenvalue weighted by atomic mass is 16.5. The Morgan fingerprint density at radius 2 is 1.89 bits per heavy atom. The molecule has 2 unspecified atom stereocenters. The average molecular weight is 471 g/mol. The molecule has 2 aliphatic rings. The van der Waals surface area contributed by atoms with Gasteiger partial charge < -0.3 is 18.9 Å². The van der Waals surface area contributed by atoms with Crippen LogP contribution >= 0.6 is 0 Å². The number of hydrogen-bond donors (Lipinski definition) is 0. The number of allylic oxidation sites excluding steroid dienone is 1. The van der Waals surface area contributed by atoms with Crippen LogP contribution in [0.2, 0.25) is 0 Å². The first-order valence-corrected chi connectivity index (χ1v) is 12.6. The van der Waals surface area contributed by atoms with Crippen LogP contribution in [0.5, 0.6) is 5.75 Å². The number of carbonyl (C=O) groups is 1. The molecule has 0 aliphatic carbocycles. The molecule has 0 saturated heterocycles. The maximum atomic E-state index is 11.8. The molecule has 0 saturated carbocycles. The maximum absolute atomic E-state index is 11.8. The Morgan fingerprint density at radius 3 is 2.66 bits per heavy atom. The van der Waals surface area contributed by atoms with Crippen LogP contribution in [-0.2, 0) is 16.0 Å². The van der Waals surface area contributed by atoms with Crippen molar-refractivity contribution in [2.24, 2.45) is 5.41 Å². The number of aromatic nitrogens is 1. The lowest BCUT2D eigenvalue weighted by atomic mass is 9.71. The summed E-state index contributed by atoms with van der Waals surface area (Å²) in [6.45, 7) is 6.23. The summed E-state index contributed by atoms with van der Waals surface area (Å²) in [5.41, 5.74) is 5.00. The van der Waals surface area contributed by atoms with E-state index in [1.54, 1.807) is 0 Å². The van der Waals surface area contributed by atoms with Crippen LogP contribution in [0, 0.1) is 5.41 Å². The predicted molar refractivity (Wildman–Crippen MR) is 140 cm³/mol. The van der Waals surface area contributed by atoms with Crippen molar-refractivity contribution in [3.63, 3.8) is 0 Å². The van der Waals surface area contributed by atoms with E-state index in [9.17, 15) is 4.79 Å². The summed E-state index contributed by atoms with van der Waals surface area (Å²) in [5.74, 6) is 0.587. The first kappa shape index (κ1) is 23.3. The van der Waals surface area contributed by atoms with Gasteiger partial charge >= 0.3 is 5.97 Å². The molecule has 5 rings (SSSR count). The van der Waals surface area contributed by atoms with Crippen LogP contribution in [0.1, 0.15) is 50.5 Å². The second kappa shape index (κ2) is 9.65. The Morgan fingerprint density at radius 1 is 1.11 bits per heavy atom. The van der Waals surface area contributed by atoms with Crippen molar-refractivity contribution in [3.8, 4) is 5.75 Å². The standard InChI is InChI=1S/C30H34N2O3/c1-4-30-17-10-18-31(20-16-27(33)34-3)19-15-25-24-13-8-9-14-26(24)32(22(2)21-30)28(25)29(30)35-23-11-6-5-7-12-23/h5-9,11-14,16,20-21,29H,4,10,15,17-19H2,1-3H3/b20-16+. The molecule has 2 aromatic carbocycles. The quantitative estimate of drug-likeness (QED) is 0.322. The minimum atomic E-state index is -0.321. The number of benzene rings is 2. The summed E-state index contributed by atoms with van der Waals surface area (Å²) in [7, 11) is 1.42. The molecule has 1 aromatic heterocycles. The molecular weight excluding hydrogens is 436 g/mol. The van der Waals surface area contributed by atoms with E-state index in [0.29, 0.717) is 0 Å². The number of methoxy groups -OCH3 is 1. The van der Waals surface area contributed by atoms with E-state index >= 15 is 0 Å². The lowest BCUT2D eigenvalue weighted by molar-refractivity contribution is -0.134. The van der Waals surface area contributed by atoms with Crippen LogP contribution in [0.15, 0.2) is 72.9 Å². The van der Waals surface area contributed by atoms with Crippen molar-refractivity contribution >= 4 is 22.6 Å². The van der Waals surface area contributed by atoms with Crippen molar-refractivity contribution in [3.05, 3.63) is 84.2 Å². The fraction of sp³-hybridized carbons (Fsp3) is 0.367. The largest absolute Gasteiger partial charge is 0.483 e. The zero-order valence-electron chi connectivity index (χ0n) is 20.9. The number of para-hydroxylation sites is 2. The highest BCUT2D eigenvalue weighted by Gasteiger charge is 2.45. The molecule has 2 bridgehead atoms. The van der Waals surface area contributed by atoms with Crippen molar-refractivity contribution in [2.45, 2.75) is 45.6 Å². The molecule has 5 nitrogen and oxygen atoms in total. The van der Waals surface area contributed by atoms with Crippen molar-refractivity contribution in [1.82, 2.24) is 9.47 Å². The molecule has 0 fully saturated rings. The number of ether oxygens (including phenoxy) is 2. The van der Waals surface area contributed by atoms with E-state index in [0.717, 1.165) is 44.5 Å². The Balaban J connectivity index is 1.67. The number of esters is 1. The van der Waals surface area contributed by atoms with E-state index < -0.39 is 0 Å². The van der Waals surface area contributed by atoms with Crippen molar-refractivity contribution in [1.29, 1.82) is 0 Å². The lowest BCUT2D eigenvalue weighted by Gasteiger charge is -2.43. The predicted octanol–water partition coefficient (Wildman–Crippen LogP) is 6.36. The first-order valence-electron chi connectivity index (χ1n) is 12.6. The van der Waals surface area contributed by atoms with Crippen LogP contribution < -0.4 is 4.74 Å². The molecule has 0 amide bonds. The van der Waals surface area contributed by atoms with E-state index in [1.807, 2.05) is 24.4 Å². The molecule has 0 spiro atoms. The van der Waals surface area contributed by atoms with Crippen molar-refractivity contribution in [2.75, 3.05) is 20.2 Å². The minimum absolute atomic E-state index is 0.0711. The van der Waals surface area contributed by atoms with Crippen LogP contribution in [0.25, 0.3) is 16.6 Å². The number of fused-ring (bicyclic) bond motifs is 4. The number of hydrogen-bond acceptors (Lipinski definition) is 4. The monoisotopic (exact) mass is 470 g/mol. The van der Waals surface area contributed by atoms with Crippen LogP contribution in [-0.4, -0.2) is 35.6 Å². The highest BCUT2D eigenvalue weighted by molar-refractivity contribution is 5.89. The molecule has 0 radical (unpaired) electrons. The Bertz CT molecular complexity index is 1270. The highest BCUT2D eigenvalue weighted by Crippen LogP contribution is 2.53. The van der Waals surface area contributed by atoms with Gasteiger partial charge in [0.1, 0.15) is 11.9 Å². The van der Waals surface area contributed by atoms with Gasteiger partial charge in [0.05, 0.1) is 18.3 Å². The van der Waals surface area contributed by atoms with Gasteiger partial charge in [-0.3, -0.25) is 0 Å². The fourth-order valence-electron chi connectivity index (χ4n) is 5.91. The third-order valence-electron chi connectivity index (χ3n) is 7.65. The van der Waals surface area contributed by atoms with Crippen LogP contribution in [0.3, 0.4) is 0 Å². The molecule has 3 aromatic rings. The molecule has 0 N–H and O–H groups in total. The van der Waals surface area contributed by atoms with Crippen molar-refractivity contribution < 1.29 is 14.3 Å². The Kier molecular flexibility index (Phi) is 6.42. The lowest BCUT2D eigenvalue weighted by Crippen LogP contribution is -2.38. The first-order chi connectivity index (χ1) is 17.1. The summed E-state index contributed by atoms with van der Waals surface area (Å²) in [6, 6.07) is 18.9. The van der Waals surface area contributed by atoms with Gasteiger partial charge in [-0.1, -0.05) is 49.4 Å². The normalized spacial score (nSPS) is 22.2. The third-order valence-corrected chi connectivity index (χ3v) is 7.65. The summed E-state index contributed by atoms with van der Waals surface area (Å²) in [4.78, 5) is 14.0. The summed E-state index contributed by atoms with van der Waals surface area (Å²) < 4.78 is 14.1. The van der Waals surface area contributed by atoms with Gasteiger partial charge in [0.15, 0.2) is 0 Å². The Labute approximate surface area is 207 Å². The van der Waals surface area contributed by atoms with Gasteiger partial charge in [-0.25, -0.2) is 4.79 Å². The van der Waals surface area contributed by atoms with E-state index in [4.69, 9.17) is 9.47 Å². The molecule has 3 heterocycles. The second-order valence-electron chi connectivity index (χ2n) is 9.63. The van der Waals surface area contributed by atoms with Gasteiger partial charge in [-0.05, 0) is 56.4 Å². The van der Waals surface area contributed by atoms with E-state index in [2.05, 4.69) is 65.8 Å². The van der Waals surface area contributed by atoms with Gasteiger partial charge in [0.25, 0.3) is 0 Å².